The van der Waals surface area contributed by atoms with Crippen LogP contribution in [0.25, 0.3) is 34.6 Å². The molecule has 0 bridgehead atoms. The molecule has 2 amide bonds. The number of hydrogen-bond donors (Lipinski definition) is 0. The Kier molecular flexibility index (Phi) is 13.3. The summed E-state index contributed by atoms with van der Waals surface area (Å²) >= 11 is 7.28. The molecule has 2 atom stereocenters. The number of allylic oxidation sites excluding steroid dienone is 1. The fourth-order valence-electron chi connectivity index (χ4n) is 8.14. The summed E-state index contributed by atoms with van der Waals surface area (Å²) in [6.07, 6.45) is 14.1. The summed E-state index contributed by atoms with van der Waals surface area (Å²) in [5.41, 5.74) is 2.95. The monoisotopic (exact) mass is 788 g/mol. The maximum absolute atomic E-state index is 15.0. The predicted molar refractivity (Wildman–Crippen MR) is 233 cm³/mol. The van der Waals surface area contributed by atoms with E-state index < -0.39 is 0 Å². The molecule has 4 aromatic heterocycles. The average Bonchev–Trinajstić information content (AvgIpc) is 3.97. The van der Waals surface area contributed by atoms with Gasteiger partial charge in [0.2, 0.25) is 0 Å². The maximum atomic E-state index is 15.0. The van der Waals surface area contributed by atoms with Gasteiger partial charge in [0.05, 0.1) is 21.7 Å². The third-order valence-electron chi connectivity index (χ3n) is 11.2. The van der Waals surface area contributed by atoms with Gasteiger partial charge in [0.15, 0.2) is 0 Å². The first kappa shape index (κ1) is 40.2. The van der Waals surface area contributed by atoms with Crippen molar-refractivity contribution in [2.75, 3.05) is 13.1 Å². The standard InChI is InChI=1S/C45H60N2O2S4/c1-9-12-14-15-16-17-19-30(6)28-47-42(45(8,11-3)24-18-13-10-2)40-39(43(47)48)41(46(44(40)49)27-29(4)5)34-23-22-33(51-34)36-26-38-37(53-36)25-35(52-38)32-21-20-31(7)50-32/h20-23,25-26,29-30H,9-19,24,27-28H2,1-8H3. The molecule has 53 heavy (non-hydrogen) atoms. The number of rotatable bonds is 20. The predicted octanol–water partition coefficient (Wildman–Crippen LogP) is 14.4. The number of fused-ring (bicyclic) bond motifs is 2. The third-order valence-corrected chi connectivity index (χ3v) is 16.0. The van der Waals surface area contributed by atoms with E-state index in [1.807, 2.05) is 38.9 Å². The van der Waals surface area contributed by atoms with E-state index >= 15 is 4.79 Å². The van der Waals surface area contributed by atoms with Gasteiger partial charge in [-0.05, 0) is 74.4 Å². The van der Waals surface area contributed by atoms with Gasteiger partial charge in [-0.15, -0.1) is 45.3 Å². The molecular formula is C45H60N2O2S4. The number of hydrogen-bond acceptors (Lipinski definition) is 6. The number of unbranched alkanes of at least 4 members (excludes halogenated alkanes) is 7. The fourth-order valence-corrected chi connectivity index (χ4v) is 12.6. The Labute approximate surface area is 335 Å². The smallest absolute Gasteiger partial charge is 0.261 e. The lowest BCUT2D eigenvalue weighted by Gasteiger charge is -2.37. The Morgan fingerprint density at radius 1 is 0.642 bits per heavy atom. The minimum absolute atomic E-state index is 0.0243. The Balaban J connectivity index is 1.37. The van der Waals surface area contributed by atoms with E-state index in [2.05, 4.69) is 96.7 Å². The Bertz CT molecular complexity index is 1940. The molecule has 2 aliphatic rings. The molecule has 0 N–H and O–H groups in total. The second kappa shape index (κ2) is 17.5. The molecular weight excluding hydrogens is 729 g/mol. The molecule has 4 aromatic rings. The Morgan fingerprint density at radius 3 is 1.85 bits per heavy atom. The van der Waals surface area contributed by atoms with Crippen LogP contribution in [-0.4, -0.2) is 34.7 Å². The molecule has 286 valence electrons. The van der Waals surface area contributed by atoms with Crippen molar-refractivity contribution in [1.82, 2.24) is 9.80 Å². The summed E-state index contributed by atoms with van der Waals surface area (Å²) in [5.74, 6) is 0.703. The van der Waals surface area contributed by atoms with Crippen LogP contribution in [0.4, 0.5) is 0 Å². The van der Waals surface area contributed by atoms with E-state index in [0.717, 1.165) is 54.8 Å². The molecule has 8 heteroatoms. The van der Waals surface area contributed by atoms with Crippen molar-refractivity contribution in [3.63, 3.8) is 0 Å². The van der Waals surface area contributed by atoms with Crippen molar-refractivity contribution in [2.45, 2.75) is 132 Å². The lowest BCUT2D eigenvalue weighted by Crippen LogP contribution is -2.39. The molecule has 0 saturated carbocycles. The number of carbonyl (C=O) groups excluding carboxylic acids is 2. The van der Waals surface area contributed by atoms with Crippen LogP contribution < -0.4 is 0 Å². The number of amides is 2. The summed E-state index contributed by atoms with van der Waals surface area (Å²) in [7, 11) is 0. The van der Waals surface area contributed by atoms with E-state index in [0.29, 0.717) is 30.2 Å². The molecule has 0 radical (unpaired) electrons. The second-order valence-corrected chi connectivity index (χ2v) is 20.8. The minimum atomic E-state index is -0.250. The van der Waals surface area contributed by atoms with Gasteiger partial charge in [-0.1, -0.05) is 106 Å². The molecule has 6 rings (SSSR count). The van der Waals surface area contributed by atoms with Crippen molar-refractivity contribution in [2.24, 2.45) is 17.3 Å². The van der Waals surface area contributed by atoms with Crippen LogP contribution in [0.3, 0.4) is 0 Å². The van der Waals surface area contributed by atoms with Crippen LogP contribution in [-0.2, 0) is 9.59 Å². The SMILES string of the molecule is CCCCCCCCC(C)CN1C(=O)C2=C(c3ccc(-c4cc5sc(-c6ccc(C)s6)cc5s4)s3)N(CC(C)C)C(=O)C2=C1C(C)(CC)CCCCC. The van der Waals surface area contributed by atoms with E-state index in [9.17, 15) is 4.79 Å². The second-order valence-electron chi connectivity index (χ2n) is 16.2. The normalized spacial score (nSPS) is 16.7. The Hall–Kier alpha value is -2.52. The highest BCUT2D eigenvalue weighted by Crippen LogP contribution is 2.53. The lowest BCUT2D eigenvalue weighted by atomic mass is 9.77. The summed E-state index contributed by atoms with van der Waals surface area (Å²) in [4.78, 5) is 41.4. The van der Waals surface area contributed by atoms with Crippen molar-refractivity contribution in [1.29, 1.82) is 0 Å². The topological polar surface area (TPSA) is 40.6 Å². The highest BCUT2D eigenvalue weighted by molar-refractivity contribution is 7.33. The van der Waals surface area contributed by atoms with Gasteiger partial charge in [0, 0.05) is 58.0 Å². The van der Waals surface area contributed by atoms with E-state index in [4.69, 9.17) is 0 Å². The molecule has 6 heterocycles. The van der Waals surface area contributed by atoms with E-state index in [-0.39, 0.29) is 23.1 Å². The number of nitrogens with zero attached hydrogens (tertiary/aromatic N) is 2. The zero-order valence-electron chi connectivity index (χ0n) is 33.4. The van der Waals surface area contributed by atoms with Gasteiger partial charge in [-0.3, -0.25) is 9.59 Å². The van der Waals surface area contributed by atoms with Crippen molar-refractivity contribution < 1.29 is 9.59 Å². The van der Waals surface area contributed by atoms with Crippen LogP contribution in [0.5, 0.6) is 0 Å². The van der Waals surface area contributed by atoms with Crippen LogP contribution >= 0.6 is 45.3 Å². The molecule has 2 unspecified atom stereocenters. The quantitative estimate of drug-likeness (QED) is 0.0837. The van der Waals surface area contributed by atoms with Crippen molar-refractivity contribution in [3.8, 4) is 19.5 Å². The first-order valence-corrected chi connectivity index (χ1v) is 23.6. The highest BCUT2D eigenvalue weighted by atomic mass is 32.1. The van der Waals surface area contributed by atoms with Crippen LogP contribution in [0, 0.1) is 24.2 Å². The number of thiophene rings is 4. The highest BCUT2D eigenvalue weighted by Gasteiger charge is 2.52. The largest absolute Gasteiger partial charge is 0.310 e. The zero-order chi connectivity index (χ0) is 37.9. The van der Waals surface area contributed by atoms with Gasteiger partial charge in [-0.25, -0.2) is 0 Å². The van der Waals surface area contributed by atoms with Crippen LogP contribution in [0.15, 0.2) is 53.2 Å². The third kappa shape index (κ3) is 8.51. The van der Waals surface area contributed by atoms with Crippen molar-refractivity contribution in [3.05, 3.63) is 63.0 Å². The summed E-state index contributed by atoms with van der Waals surface area (Å²) in [6.45, 7) is 19.2. The molecule has 0 spiro atoms. The summed E-state index contributed by atoms with van der Waals surface area (Å²) in [6, 6.07) is 13.5. The number of carbonyl (C=O) groups is 2. The van der Waals surface area contributed by atoms with Gasteiger partial charge in [0.25, 0.3) is 11.8 Å². The average molecular weight is 789 g/mol. The molecule has 2 aliphatic heterocycles. The molecule has 0 aliphatic carbocycles. The van der Waals surface area contributed by atoms with Crippen LogP contribution in [0.2, 0.25) is 0 Å². The van der Waals surface area contributed by atoms with Gasteiger partial charge in [-0.2, -0.15) is 0 Å². The van der Waals surface area contributed by atoms with Gasteiger partial charge in [0.1, 0.15) is 0 Å². The lowest BCUT2D eigenvalue weighted by molar-refractivity contribution is -0.125. The molecule has 0 saturated heterocycles. The molecule has 0 fully saturated rings. The molecule has 4 nitrogen and oxygen atoms in total. The first-order valence-electron chi connectivity index (χ1n) is 20.3. The Morgan fingerprint density at radius 2 is 1.23 bits per heavy atom. The van der Waals surface area contributed by atoms with Gasteiger partial charge < -0.3 is 9.80 Å². The fraction of sp³-hybridized carbons (Fsp3) is 0.556. The van der Waals surface area contributed by atoms with E-state index in [1.165, 1.54) is 72.3 Å². The number of aryl methyl sites for hydroxylation is 1. The summed E-state index contributed by atoms with van der Waals surface area (Å²) in [5, 5.41) is 0. The maximum Gasteiger partial charge on any atom is 0.261 e. The van der Waals surface area contributed by atoms with Crippen molar-refractivity contribution >= 4 is 72.3 Å². The summed E-state index contributed by atoms with van der Waals surface area (Å²) < 4.78 is 2.63. The zero-order valence-corrected chi connectivity index (χ0v) is 36.6. The van der Waals surface area contributed by atoms with Crippen LogP contribution in [0.1, 0.15) is 135 Å². The molecule has 0 aromatic carbocycles. The first-order chi connectivity index (χ1) is 25.5. The minimum Gasteiger partial charge on any atom is -0.310 e. The van der Waals surface area contributed by atoms with E-state index in [1.54, 1.807) is 11.3 Å². The van der Waals surface area contributed by atoms with Gasteiger partial charge >= 0.3 is 0 Å².